The number of carbonyl (C=O) groups is 1. The van der Waals surface area contributed by atoms with Crippen molar-refractivity contribution in [3.8, 4) is 0 Å². The predicted molar refractivity (Wildman–Crippen MR) is 84.1 cm³/mol. The molecule has 6 heteroatoms. The first-order valence-electron chi connectivity index (χ1n) is 8.30. The summed E-state index contributed by atoms with van der Waals surface area (Å²) in [4.78, 5) is 21.4. The molecule has 0 radical (unpaired) electrons. The Bertz CT molecular complexity index is 516. The number of rotatable bonds is 5. The molecule has 2 heterocycles. The number of aryl methyl sites for hydroxylation is 1. The third kappa shape index (κ3) is 3.50. The van der Waals surface area contributed by atoms with Crippen molar-refractivity contribution in [3.05, 3.63) is 17.3 Å². The molecule has 1 saturated heterocycles. The summed E-state index contributed by atoms with van der Waals surface area (Å²) in [7, 11) is 2.14. The van der Waals surface area contributed by atoms with Crippen molar-refractivity contribution in [1.82, 2.24) is 20.1 Å². The smallest absolute Gasteiger partial charge is 0.273 e. The molecular formula is C16H26N4O2. The largest absolute Gasteiger partial charge is 0.445 e. The molecule has 2 fully saturated rings. The number of piperazine rings is 1. The minimum atomic E-state index is -0.110. The minimum absolute atomic E-state index is 0.110. The highest BCUT2D eigenvalue weighted by atomic mass is 16.4. The maximum Gasteiger partial charge on any atom is 0.273 e. The van der Waals surface area contributed by atoms with Crippen LogP contribution in [0.3, 0.4) is 0 Å². The van der Waals surface area contributed by atoms with Crippen LogP contribution < -0.4 is 5.32 Å². The molecule has 1 amide bonds. The van der Waals surface area contributed by atoms with Crippen molar-refractivity contribution in [2.24, 2.45) is 0 Å². The average Bonchev–Trinajstić information content (AvgIpc) is 2.80. The average molecular weight is 306 g/mol. The van der Waals surface area contributed by atoms with Crippen LogP contribution in [0.4, 0.5) is 0 Å². The number of nitrogens with zero attached hydrogens (tertiary/aromatic N) is 3. The summed E-state index contributed by atoms with van der Waals surface area (Å²) >= 11 is 0. The zero-order valence-electron chi connectivity index (χ0n) is 13.6. The lowest BCUT2D eigenvalue weighted by molar-refractivity contribution is 0.0935. The Morgan fingerprint density at radius 2 is 2.05 bits per heavy atom. The molecule has 1 N–H and O–H groups in total. The maximum atomic E-state index is 12.2. The fourth-order valence-electron chi connectivity index (χ4n) is 2.94. The van der Waals surface area contributed by atoms with Crippen LogP contribution in [0.2, 0.25) is 0 Å². The molecule has 1 aromatic heterocycles. The standard InChI is InChI=1S/C16H26N4O2/c1-12-14(18-16(22-12)13-4-3-5-13)15(21)17-6-7-20-10-8-19(2)9-11-20/h13H,3-11H2,1-2H3,(H,17,21). The van der Waals surface area contributed by atoms with E-state index in [1.54, 1.807) is 0 Å². The number of amides is 1. The summed E-state index contributed by atoms with van der Waals surface area (Å²) in [6.07, 6.45) is 3.49. The molecule has 0 spiro atoms. The molecule has 1 aliphatic heterocycles. The summed E-state index contributed by atoms with van der Waals surface area (Å²) in [5, 5.41) is 2.97. The van der Waals surface area contributed by atoms with Crippen molar-refractivity contribution in [3.63, 3.8) is 0 Å². The molecule has 1 aromatic rings. The topological polar surface area (TPSA) is 61.6 Å². The molecular weight excluding hydrogens is 280 g/mol. The van der Waals surface area contributed by atoms with E-state index in [0.29, 0.717) is 23.9 Å². The van der Waals surface area contributed by atoms with Crippen LogP contribution in [0.15, 0.2) is 4.42 Å². The van der Waals surface area contributed by atoms with E-state index in [0.717, 1.165) is 51.5 Å². The highest BCUT2D eigenvalue weighted by Crippen LogP contribution is 2.36. The molecule has 1 saturated carbocycles. The summed E-state index contributed by atoms with van der Waals surface area (Å²) in [6, 6.07) is 0. The minimum Gasteiger partial charge on any atom is -0.445 e. The van der Waals surface area contributed by atoms with Crippen LogP contribution in [0.5, 0.6) is 0 Å². The molecule has 22 heavy (non-hydrogen) atoms. The number of hydrogen-bond donors (Lipinski definition) is 1. The van der Waals surface area contributed by atoms with E-state index in [1.165, 1.54) is 6.42 Å². The number of carbonyl (C=O) groups excluding carboxylic acids is 1. The monoisotopic (exact) mass is 306 g/mol. The van der Waals surface area contributed by atoms with Crippen molar-refractivity contribution in [2.75, 3.05) is 46.3 Å². The number of nitrogens with one attached hydrogen (secondary N) is 1. The van der Waals surface area contributed by atoms with E-state index in [1.807, 2.05) is 6.92 Å². The van der Waals surface area contributed by atoms with Gasteiger partial charge in [0.1, 0.15) is 5.76 Å². The van der Waals surface area contributed by atoms with E-state index >= 15 is 0 Å². The van der Waals surface area contributed by atoms with Gasteiger partial charge in [0, 0.05) is 45.2 Å². The van der Waals surface area contributed by atoms with Gasteiger partial charge < -0.3 is 14.6 Å². The van der Waals surface area contributed by atoms with E-state index < -0.39 is 0 Å². The van der Waals surface area contributed by atoms with Gasteiger partial charge in [-0.2, -0.15) is 0 Å². The van der Waals surface area contributed by atoms with Crippen LogP contribution in [-0.2, 0) is 0 Å². The first-order chi connectivity index (χ1) is 10.6. The molecule has 122 valence electrons. The highest BCUT2D eigenvalue weighted by molar-refractivity contribution is 5.93. The van der Waals surface area contributed by atoms with E-state index in [9.17, 15) is 4.79 Å². The van der Waals surface area contributed by atoms with Gasteiger partial charge in [-0.05, 0) is 26.8 Å². The summed E-state index contributed by atoms with van der Waals surface area (Å²) < 4.78 is 5.66. The molecule has 3 rings (SSSR count). The van der Waals surface area contributed by atoms with Gasteiger partial charge in [-0.1, -0.05) is 6.42 Å². The van der Waals surface area contributed by atoms with Crippen LogP contribution in [-0.4, -0.2) is 67.0 Å². The Morgan fingerprint density at radius 3 is 2.68 bits per heavy atom. The van der Waals surface area contributed by atoms with Crippen LogP contribution in [0, 0.1) is 6.92 Å². The molecule has 0 atom stereocenters. The second-order valence-corrected chi connectivity index (χ2v) is 6.49. The van der Waals surface area contributed by atoms with E-state index in [4.69, 9.17) is 4.42 Å². The normalized spacial score (nSPS) is 20.8. The van der Waals surface area contributed by atoms with Crippen molar-refractivity contribution < 1.29 is 9.21 Å². The SMILES string of the molecule is Cc1oc(C2CCC2)nc1C(=O)NCCN1CCN(C)CC1. The summed E-state index contributed by atoms with van der Waals surface area (Å²) in [5.74, 6) is 1.69. The first-order valence-corrected chi connectivity index (χ1v) is 8.30. The predicted octanol–water partition coefficient (Wildman–Crippen LogP) is 1.23. The van der Waals surface area contributed by atoms with Gasteiger partial charge in [0.15, 0.2) is 11.6 Å². The van der Waals surface area contributed by atoms with Gasteiger partial charge in [-0.25, -0.2) is 4.98 Å². The van der Waals surface area contributed by atoms with Gasteiger partial charge in [0.25, 0.3) is 5.91 Å². The second-order valence-electron chi connectivity index (χ2n) is 6.49. The lowest BCUT2D eigenvalue weighted by Crippen LogP contribution is -2.46. The number of oxazole rings is 1. The van der Waals surface area contributed by atoms with Crippen LogP contribution >= 0.6 is 0 Å². The third-order valence-corrected chi connectivity index (χ3v) is 4.79. The van der Waals surface area contributed by atoms with Crippen molar-refractivity contribution >= 4 is 5.91 Å². The first kappa shape index (κ1) is 15.5. The Kier molecular flexibility index (Phi) is 4.78. The third-order valence-electron chi connectivity index (χ3n) is 4.79. The Balaban J connectivity index is 1.46. The van der Waals surface area contributed by atoms with Crippen molar-refractivity contribution in [1.29, 1.82) is 0 Å². The lowest BCUT2D eigenvalue weighted by Gasteiger charge is -2.32. The lowest BCUT2D eigenvalue weighted by atomic mass is 9.85. The van der Waals surface area contributed by atoms with Crippen molar-refractivity contribution in [2.45, 2.75) is 32.1 Å². The highest BCUT2D eigenvalue weighted by Gasteiger charge is 2.27. The Morgan fingerprint density at radius 1 is 1.32 bits per heavy atom. The second kappa shape index (κ2) is 6.79. The van der Waals surface area contributed by atoms with Crippen LogP contribution in [0.1, 0.15) is 47.3 Å². The fourth-order valence-corrected chi connectivity index (χ4v) is 2.94. The van der Waals surface area contributed by atoms with Gasteiger partial charge in [0.05, 0.1) is 0 Å². The van der Waals surface area contributed by atoms with E-state index in [2.05, 4.69) is 27.1 Å². The quantitative estimate of drug-likeness (QED) is 0.886. The molecule has 0 unspecified atom stereocenters. The summed E-state index contributed by atoms with van der Waals surface area (Å²) in [5.41, 5.74) is 0.459. The Hall–Kier alpha value is -1.40. The molecule has 0 aromatic carbocycles. The van der Waals surface area contributed by atoms with Gasteiger partial charge in [-0.15, -0.1) is 0 Å². The van der Waals surface area contributed by atoms with Gasteiger partial charge in [-0.3, -0.25) is 9.69 Å². The van der Waals surface area contributed by atoms with Crippen LogP contribution in [0.25, 0.3) is 0 Å². The molecule has 0 bridgehead atoms. The number of likely N-dealkylation sites (N-methyl/N-ethyl adjacent to an activating group) is 1. The molecule has 6 nitrogen and oxygen atoms in total. The zero-order valence-corrected chi connectivity index (χ0v) is 13.6. The van der Waals surface area contributed by atoms with E-state index in [-0.39, 0.29) is 5.91 Å². The van der Waals surface area contributed by atoms with Gasteiger partial charge >= 0.3 is 0 Å². The summed E-state index contributed by atoms with van der Waals surface area (Å²) in [6.45, 7) is 7.72. The zero-order chi connectivity index (χ0) is 15.5. The fraction of sp³-hybridized carbons (Fsp3) is 0.750. The Labute approximate surface area is 131 Å². The number of aromatic nitrogens is 1. The van der Waals surface area contributed by atoms with Gasteiger partial charge in [0.2, 0.25) is 0 Å². The number of hydrogen-bond acceptors (Lipinski definition) is 5. The maximum absolute atomic E-state index is 12.2. The molecule has 2 aliphatic rings. The molecule has 1 aliphatic carbocycles.